The van der Waals surface area contributed by atoms with Crippen molar-refractivity contribution in [2.75, 3.05) is 0 Å². The third-order valence-electron chi connectivity index (χ3n) is 1.65. The first-order valence-corrected chi connectivity index (χ1v) is 4.21. The maximum absolute atomic E-state index is 5.49. The van der Waals surface area contributed by atoms with E-state index >= 15 is 0 Å². The van der Waals surface area contributed by atoms with Crippen LogP contribution in [-0.4, -0.2) is 4.37 Å². The summed E-state index contributed by atoms with van der Waals surface area (Å²) >= 11 is 1.52. The van der Waals surface area contributed by atoms with Crippen LogP contribution >= 0.6 is 11.5 Å². The number of hydrogen-bond acceptors (Lipinski definition) is 3. The van der Waals surface area contributed by atoms with Crippen molar-refractivity contribution in [2.24, 2.45) is 5.73 Å². The van der Waals surface area contributed by atoms with Crippen LogP contribution in [0.15, 0.2) is 24.4 Å². The summed E-state index contributed by atoms with van der Waals surface area (Å²) in [5, 5.41) is 1.19. The van der Waals surface area contributed by atoms with E-state index < -0.39 is 0 Å². The Kier molecular flexibility index (Phi) is 1.60. The molecule has 0 aliphatic heterocycles. The van der Waals surface area contributed by atoms with E-state index in [0.717, 1.165) is 5.56 Å². The van der Waals surface area contributed by atoms with Gasteiger partial charge in [-0.05, 0) is 29.2 Å². The molecule has 0 saturated carbocycles. The highest BCUT2D eigenvalue weighted by Gasteiger charge is 1.95. The van der Waals surface area contributed by atoms with Crippen LogP contribution < -0.4 is 5.73 Å². The van der Waals surface area contributed by atoms with Gasteiger partial charge >= 0.3 is 0 Å². The molecule has 0 atom stereocenters. The number of hydrogen-bond donors (Lipinski definition) is 1. The molecule has 0 bridgehead atoms. The summed E-state index contributed by atoms with van der Waals surface area (Å²) in [7, 11) is 0. The fraction of sp³-hybridized carbons (Fsp3) is 0.125. The van der Waals surface area contributed by atoms with Gasteiger partial charge in [0, 0.05) is 18.1 Å². The smallest absolute Gasteiger partial charge is 0.0550 e. The molecule has 0 amide bonds. The topological polar surface area (TPSA) is 38.9 Å². The highest BCUT2D eigenvalue weighted by Crippen LogP contribution is 2.18. The molecule has 0 spiro atoms. The zero-order valence-corrected chi connectivity index (χ0v) is 6.77. The molecule has 0 radical (unpaired) electrons. The second kappa shape index (κ2) is 2.60. The monoisotopic (exact) mass is 164 g/mol. The van der Waals surface area contributed by atoms with Crippen molar-refractivity contribution in [3.8, 4) is 0 Å². The SMILES string of the molecule is NCc1ccc2sncc2c1. The molecule has 1 aromatic heterocycles. The van der Waals surface area contributed by atoms with E-state index in [1.165, 1.54) is 21.6 Å². The van der Waals surface area contributed by atoms with Crippen molar-refractivity contribution in [3.63, 3.8) is 0 Å². The van der Waals surface area contributed by atoms with Gasteiger partial charge in [0.25, 0.3) is 0 Å². The molecule has 56 valence electrons. The Morgan fingerprint density at radius 3 is 3.18 bits per heavy atom. The third-order valence-corrected chi connectivity index (χ3v) is 2.43. The minimum atomic E-state index is 0.603. The summed E-state index contributed by atoms with van der Waals surface area (Å²) in [6, 6.07) is 6.19. The average Bonchev–Trinajstić information content (AvgIpc) is 2.50. The van der Waals surface area contributed by atoms with Crippen LogP contribution in [0.2, 0.25) is 0 Å². The van der Waals surface area contributed by atoms with Crippen LogP contribution in [0, 0.1) is 0 Å². The summed E-state index contributed by atoms with van der Waals surface area (Å²) in [5.41, 5.74) is 6.66. The van der Waals surface area contributed by atoms with Crippen LogP contribution in [0.3, 0.4) is 0 Å². The molecular formula is C8H8N2S. The molecule has 11 heavy (non-hydrogen) atoms. The van der Waals surface area contributed by atoms with Crippen molar-refractivity contribution in [2.45, 2.75) is 6.54 Å². The molecule has 2 aromatic rings. The van der Waals surface area contributed by atoms with E-state index in [1.54, 1.807) is 0 Å². The van der Waals surface area contributed by atoms with Crippen LogP contribution in [0.5, 0.6) is 0 Å². The van der Waals surface area contributed by atoms with Gasteiger partial charge in [0.1, 0.15) is 0 Å². The lowest BCUT2D eigenvalue weighted by atomic mass is 10.2. The lowest BCUT2D eigenvalue weighted by Gasteiger charge is -1.93. The predicted molar refractivity (Wildman–Crippen MR) is 47.5 cm³/mol. The molecule has 0 unspecified atom stereocenters. The molecule has 2 rings (SSSR count). The number of aromatic nitrogens is 1. The summed E-state index contributed by atoms with van der Waals surface area (Å²) in [6.07, 6.45) is 1.87. The largest absolute Gasteiger partial charge is 0.326 e. The van der Waals surface area contributed by atoms with Crippen molar-refractivity contribution in [1.82, 2.24) is 4.37 Å². The number of fused-ring (bicyclic) bond motifs is 1. The molecule has 2 N–H and O–H groups in total. The van der Waals surface area contributed by atoms with Gasteiger partial charge in [0.05, 0.1) is 4.70 Å². The standard InChI is InChI=1S/C8H8N2S/c9-4-6-1-2-8-7(3-6)5-10-11-8/h1-3,5H,4,9H2. The van der Waals surface area contributed by atoms with Crippen molar-refractivity contribution in [1.29, 1.82) is 0 Å². The van der Waals surface area contributed by atoms with Crippen molar-refractivity contribution < 1.29 is 0 Å². The van der Waals surface area contributed by atoms with E-state index in [2.05, 4.69) is 16.5 Å². The molecule has 1 heterocycles. The Labute approximate surface area is 68.8 Å². The Morgan fingerprint density at radius 2 is 2.36 bits per heavy atom. The Bertz CT molecular complexity index is 367. The van der Waals surface area contributed by atoms with Crippen LogP contribution in [0.25, 0.3) is 10.1 Å². The molecule has 2 nitrogen and oxygen atoms in total. The van der Waals surface area contributed by atoms with Crippen molar-refractivity contribution in [3.05, 3.63) is 30.0 Å². The Hall–Kier alpha value is -0.930. The van der Waals surface area contributed by atoms with E-state index in [9.17, 15) is 0 Å². The van der Waals surface area contributed by atoms with Gasteiger partial charge < -0.3 is 5.73 Å². The fourth-order valence-electron chi connectivity index (χ4n) is 1.05. The summed E-state index contributed by atoms with van der Waals surface area (Å²) in [6.45, 7) is 0.603. The molecular weight excluding hydrogens is 156 g/mol. The summed E-state index contributed by atoms with van der Waals surface area (Å²) < 4.78 is 5.30. The number of benzene rings is 1. The number of nitrogens with zero attached hydrogens (tertiary/aromatic N) is 1. The first-order chi connectivity index (χ1) is 5.40. The van der Waals surface area contributed by atoms with Gasteiger partial charge in [-0.15, -0.1) is 0 Å². The molecule has 0 aliphatic rings. The fourth-order valence-corrected chi connectivity index (χ4v) is 1.67. The van der Waals surface area contributed by atoms with Gasteiger partial charge in [-0.3, -0.25) is 0 Å². The molecule has 0 saturated heterocycles. The highest BCUT2D eigenvalue weighted by molar-refractivity contribution is 7.13. The van der Waals surface area contributed by atoms with Gasteiger partial charge in [-0.1, -0.05) is 6.07 Å². The van der Waals surface area contributed by atoms with Gasteiger partial charge in [0.2, 0.25) is 0 Å². The van der Waals surface area contributed by atoms with E-state index in [1.807, 2.05) is 12.3 Å². The molecule has 0 fully saturated rings. The number of rotatable bonds is 1. The second-order valence-electron chi connectivity index (χ2n) is 2.40. The molecule has 1 aromatic carbocycles. The average molecular weight is 164 g/mol. The quantitative estimate of drug-likeness (QED) is 0.697. The Balaban J connectivity index is 2.67. The first kappa shape index (κ1) is 6.76. The Morgan fingerprint density at radius 1 is 1.45 bits per heavy atom. The highest BCUT2D eigenvalue weighted by atomic mass is 32.1. The first-order valence-electron chi connectivity index (χ1n) is 3.43. The zero-order chi connectivity index (χ0) is 7.68. The normalized spacial score (nSPS) is 10.6. The maximum atomic E-state index is 5.49. The van der Waals surface area contributed by atoms with Crippen LogP contribution in [-0.2, 0) is 6.54 Å². The van der Waals surface area contributed by atoms with Gasteiger partial charge in [0.15, 0.2) is 0 Å². The van der Waals surface area contributed by atoms with E-state index in [0.29, 0.717) is 6.54 Å². The summed E-state index contributed by atoms with van der Waals surface area (Å²) in [4.78, 5) is 0. The third kappa shape index (κ3) is 1.13. The van der Waals surface area contributed by atoms with Crippen molar-refractivity contribution >= 4 is 21.6 Å². The molecule has 0 aliphatic carbocycles. The van der Waals surface area contributed by atoms with E-state index in [-0.39, 0.29) is 0 Å². The van der Waals surface area contributed by atoms with Gasteiger partial charge in [-0.2, -0.15) is 4.37 Å². The summed E-state index contributed by atoms with van der Waals surface area (Å²) in [5.74, 6) is 0. The van der Waals surface area contributed by atoms with Gasteiger partial charge in [-0.25, -0.2) is 0 Å². The second-order valence-corrected chi connectivity index (χ2v) is 3.24. The molecule has 3 heteroatoms. The predicted octanol–water partition coefficient (Wildman–Crippen LogP) is 1.75. The minimum absolute atomic E-state index is 0.603. The van der Waals surface area contributed by atoms with E-state index in [4.69, 9.17) is 5.73 Å². The lowest BCUT2D eigenvalue weighted by Crippen LogP contribution is -1.94. The zero-order valence-electron chi connectivity index (χ0n) is 5.95. The lowest BCUT2D eigenvalue weighted by molar-refractivity contribution is 1.08. The minimum Gasteiger partial charge on any atom is -0.326 e. The van der Waals surface area contributed by atoms with Crippen LogP contribution in [0.4, 0.5) is 0 Å². The maximum Gasteiger partial charge on any atom is 0.0550 e. The number of nitrogens with two attached hydrogens (primary N) is 1. The van der Waals surface area contributed by atoms with Crippen LogP contribution in [0.1, 0.15) is 5.56 Å².